The Bertz CT molecular complexity index is 269. The van der Waals surface area contributed by atoms with E-state index in [1.807, 2.05) is 6.08 Å². The number of rotatable bonds is 2. The topological polar surface area (TPSA) is 0 Å². The molecule has 0 spiro atoms. The van der Waals surface area contributed by atoms with E-state index >= 15 is 0 Å². The number of benzene rings is 1. The van der Waals surface area contributed by atoms with E-state index < -0.39 is 7.38 Å². The molecule has 0 N–H and O–H groups in total. The van der Waals surface area contributed by atoms with Crippen LogP contribution in [0, 0.1) is 0 Å². The van der Waals surface area contributed by atoms with Crippen LogP contribution in [0.3, 0.4) is 0 Å². The summed E-state index contributed by atoms with van der Waals surface area (Å²) >= 11 is 6.27. The summed E-state index contributed by atoms with van der Waals surface area (Å²) in [6.07, 6.45) is 1.84. The lowest BCUT2D eigenvalue weighted by Gasteiger charge is -2.12. The van der Waals surface area contributed by atoms with Crippen molar-refractivity contribution in [3.05, 3.63) is 36.4 Å². The first-order valence-electron chi connectivity index (χ1n) is 3.96. The maximum atomic E-state index is 6.27. The summed E-state index contributed by atoms with van der Waals surface area (Å²) in [6.45, 7) is 7.95. The lowest BCUT2D eigenvalue weighted by molar-refractivity contribution is 1.68. The molecule has 1 aromatic rings. The highest BCUT2D eigenvalue weighted by Gasteiger charge is 2.18. The Morgan fingerprint density at radius 3 is 2.08 bits per heavy atom. The van der Waals surface area contributed by atoms with Crippen molar-refractivity contribution >= 4 is 29.7 Å². The summed E-state index contributed by atoms with van der Waals surface area (Å²) in [4.78, 5) is 0. The van der Waals surface area contributed by atoms with Crippen molar-refractivity contribution in [1.82, 2.24) is 0 Å². The zero-order valence-corrected chi connectivity index (χ0v) is 9.23. The van der Waals surface area contributed by atoms with Gasteiger partial charge in [-0.05, 0) is 10.8 Å². The van der Waals surface area contributed by atoms with E-state index in [0.29, 0.717) is 0 Å². The lowest BCUT2D eigenvalue weighted by atomic mass is 10.2. The highest BCUT2D eigenvalue weighted by Crippen LogP contribution is 2.09. The van der Waals surface area contributed by atoms with Gasteiger partial charge < -0.3 is 0 Å². The van der Waals surface area contributed by atoms with Crippen LogP contribution in [0.15, 0.2) is 30.8 Å². The number of halogens is 1. The second-order valence-electron chi connectivity index (χ2n) is 3.30. The monoisotopic (exact) mass is 196 g/mol. The van der Waals surface area contributed by atoms with E-state index in [2.05, 4.69) is 43.9 Å². The van der Waals surface area contributed by atoms with Gasteiger partial charge in [0.05, 0.1) is 0 Å². The molecule has 0 bridgehead atoms. The predicted octanol–water partition coefficient (Wildman–Crippen LogP) is 2.98. The molecule has 0 aromatic heterocycles. The minimum absolute atomic E-state index is 1.15. The molecule has 0 aliphatic heterocycles. The minimum atomic E-state index is -1.63. The molecule has 0 saturated heterocycles. The first-order chi connectivity index (χ1) is 5.54. The number of hydrogen-bond acceptors (Lipinski definition) is 0. The molecule has 0 aliphatic carbocycles. The molecule has 64 valence electrons. The summed E-state index contributed by atoms with van der Waals surface area (Å²) in [5, 5.41) is 1.27. The third-order valence-corrected chi connectivity index (χ3v) is 4.19. The van der Waals surface area contributed by atoms with Gasteiger partial charge in [0.25, 0.3) is 0 Å². The largest absolute Gasteiger partial charge is 0.180 e. The van der Waals surface area contributed by atoms with Crippen molar-refractivity contribution in [1.29, 1.82) is 0 Å². The standard InChI is InChI=1S/C10H13ClSi/c1-4-9-5-7-10(8-6-9)12(2,3)11/h4-8H,1H2,2-3H3. The van der Waals surface area contributed by atoms with Gasteiger partial charge in [-0.3, -0.25) is 0 Å². The van der Waals surface area contributed by atoms with Crippen LogP contribution in [0.5, 0.6) is 0 Å². The van der Waals surface area contributed by atoms with Gasteiger partial charge in [0, 0.05) is 0 Å². The van der Waals surface area contributed by atoms with Gasteiger partial charge in [0.1, 0.15) is 0 Å². The normalized spacial score (nSPS) is 11.2. The molecule has 0 fully saturated rings. The van der Waals surface area contributed by atoms with Gasteiger partial charge in [-0.15, -0.1) is 0 Å². The van der Waals surface area contributed by atoms with E-state index in [4.69, 9.17) is 11.1 Å². The van der Waals surface area contributed by atoms with Gasteiger partial charge in [-0.2, -0.15) is 11.1 Å². The zero-order valence-electron chi connectivity index (χ0n) is 7.47. The average Bonchev–Trinajstić information content (AvgIpc) is 2.03. The van der Waals surface area contributed by atoms with Crippen molar-refractivity contribution in [2.75, 3.05) is 0 Å². The van der Waals surface area contributed by atoms with Gasteiger partial charge >= 0.3 is 0 Å². The molecule has 12 heavy (non-hydrogen) atoms. The van der Waals surface area contributed by atoms with Gasteiger partial charge in [-0.25, -0.2) is 0 Å². The third kappa shape index (κ3) is 2.22. The highest BCUT2D eigenvalue weighted by molar-refractivity contribution is 7.26. The van der Waals surface area contributed by atoms with Crippen molar-refractivity contribution < 1.29 is 0 Å². The Morgan fingerprint density at radius 2 is 1.75 bits per heavy atom. The van der Waals surface area contributed by atoms with E-state index in [0.717, 1.165) is 5.56 Å². The maximum absolute atomic E-state index is 6.27. The lowest BCUT2D eigenvalue weighted by Crippen LogP contribution is -2.34. The Morgan fingerprint density at radius 1 is 1.25 bits per heavy atom. The highest BCUT2D eigenvalue weighted by atomic mass is 35.6. The summed E-state index contributed by atoms with van der Waals surface area (Å²) in [7, 11) is -1.63. The predicted molar refractivity (Wildman–Crippen MR) is 59.5 cm³/mol. The Kier molecular flexibility index (Phi) is 2.75. The fourth-order valence-corrected chi connectivity index (χ4v) is 2.35. The molecule has 0 radical (unpaired) electrons. The fourth-order valence-electron chi connectivity index (χ4n) is 1.02. The summed E-state index contributed by atoms with van der Waals surface area (Å²) in [5.41, 5.74) is 1.15. The first kappa shape index (κ1) is 9.55. The van der Waals surface area contributed by atoms with Crippen molar-refractivity contribution in [2.45, 2.75) is 13.1 Å². The number of hydrogen-bond donors (Lipinski definition) is 0. The van der Waals surface area contributed by atoms with Crippen LogP contribution in [0.25, 0.3) is 6.08 Å². The van der Waals surface area contributed by atoms with Crippen LogP contribution in [-0.4, -0.2) is 7.38 Å². The van der Waals surface area contributed by atoms with Crippen LogP contribution in [0.1, 0.15) is 5.56 Å². The Balaban J connectivity index is 3.00. The average molecular weight is 197 g/mol. The molecule has 0 atom stereocenters. The SMILES string of the molecule is C=Cc1ccc([Si](C)(C)Cl)cc1. The zero-order chi connectivity index (χ0) is 9.19. The molecule has 0 saturated carbocycles. The maximum Gasteiger partial charge on any atom is 0.180 e. The summed E-state index contributed by atoms with van der Waals surface area (Å²) < 4.78 is 0. The molecule has 0 heterocycles. The Labute approximate surface area is 79.6 Å². The quantitative estimate of drug-likeness (QED) is 0.504. The Hall–Kier alpha value is -0.533. The van der Waals surface area contributed by atoms with Crippen molar-refractivity contribution in [2.24, 2.45) is 0 Å². The molecular formula is C10H13ClSi. The van der Waals surface area contributed by atoms with Crippen molar-refractivity contribution in [3.63, 3.8) is 0 Å². The second kappa shape index (κ2) is 3.46. The second-order valence-corrected chi connectivity index (χ2v) is 9.66. The third-order valence-electron chi connectivity index (χ3n) is 1.83. The van der Waals surface area contributed by atoms with Crippen LogP contribution in [0.4, 0.5) is 0 Å². The van der Waals surface area contributed by atoms with E-state index in [9.17, 15) is 0 Å². The van der Waals surface area contributed by atoms with Crippen LogP contribution in [0.2, 0.25) is 13.1 Å². The minimum Gasteiger partial charge on any atom is -0.162 e. The fraction of sp³-hybridized carbons (Fsp3) is 0.200. The first-order valence-corrected chi connectivity index (χ1v) is 7.97. The van der Waals surface area contributed by atoms with Crippen molar-refractivity contribution in [3.8, 4) is 0 Å². The van der Waals surface area contributed by atoms with E-state index in [1.165, 1.54) is 5.19 Å². The van der Waals surface area contributed by atoms with E-state index in [1.54, 1.807) is 0 Å². The molecule has 0 amide bonds. The van der Waals surface area contributed by atoms with E-state index in [-0.39, 0.29) is 0 Å². The molecule has 0 aliphatic rings. The van der Waals surface area contributed by atoms with Gasteiger partial charge in [0.2, 0.25) is 0 Å². The molecule has 2 heteroatoms. The molecule has 0 nitrogen and oxygen atoms in total. The van der Waals surface area contributed by atoms with Crippen LogP contribution in [-0.2, 0) is 0 Å². The molecule has 1 rings (SSSR count). The summed E-state index contributed by atoms with van der Waals surface area (Å²) in [6, 6.07) is 8.30. The van der Waals surface area contributed by atoms with Gasteiger partial charge in [0.15, 0.2) is 7.38 Å². The smallest absolute Gasteiger partial charge is 0.162 e. The molecular weight excluding hydrogens is 184 g/mol. The molecule has 0 unspecified atom stereocenters. The van der Waals surface area contributed by atoms with Crippen LogP contribution >= 0.6 is 11.1 Å². The summed E-state index contributed by atoms with van der Waals surface area (Å²) in [5.74, 6) is 0. The van der Waals surface area contributed by atoms with Gasteiger partial charge in [-0.1, -0.05) is 50.0 Å². The molecule has 1 aromatic carbocycles. The van der Waals surface area contributed by atoms with Crippen LogP contribution < -0.4 is 5.19 Å².